The Kier molecular flexibility index (Phi) is 4.58. The van der Waals surface area contributed by atoms with E-state index < -0.39 is 0 Å². The predicted octanol–water partition coefficient (Wildman–Crippen LogP) is 4.32. The van der Waals surface area contributed by atoms with Gasteiger partial charge in [0, 0.05) is 11.6 Å². The van der Waals surface area contributed by atoms with Crippen molar-refractivity contribution in [3.8, 4) is 11.5 Å². The molecule has 0 spiro atoms. The zero-order valence-electron chi connectivity index (χ0n) is 11.8. The van der Waals surface area contributed by atoms with Gasteiger partial charge in [0.25, 0.3) is 0 Å². The van der Waals surface area contributed by atoms with Crippen molar-refractivity contribution in [1.82, 2.24) is 5.32 Å². The number of para-hydroxylation sites is 2. The summed E-state index contributed by atoms with van der Waals surface area (Å²) in [6.07, 6.45) is 0.972. The number of benzene rings is 2. The molecule has 19 heavy (non-hydrogen) atoms. The highest BCUT2D eigenvalue weighted by Gasteiger charge is 2.11. The second kappa shape index (κ2) is 6.39. The molecule has 1 N–H and O–H groups in total. The Morgan fingerprint density at radius 3 is 2.32 bits per heavy atom. The summed E-state index contributed by atoms with van der Waals surface area (Å²) in [6, 6.07) is 16.6. The Balaban J connectivity index is 2.33. The summed E-state index contributed by atoms with van der Waals surface area (Å²) in [6.45, 7) is 4.28. The second-order valence-corrected chi connectivity index (χ2v) is 4.61. The first kappa shape index (κ1) is 13.6. The normalized spacial score (nSPS) is 12.2. The number of rotatable bonds is 5. The minimum absolute atomic E-state index is 0.269. The molecule has 2 aromatic carbocycles. The maximum atomic E-state index is 6.11. The molecule has 0 saturated heterocycles. The summed E-state index contributed by atoms with van der Waals surface area (Å²) in [4.78, 5) is 0. The van der Waals surface area contributed by atoms with Gasteiger partial charge in [-0.25, -0.2) is 0 Å². The first-order valence-electron chi connectivity index (χ1n) is 6.78. The Morgan fingerprint density at radius 2 is 1.63 bits per heavy atom. The van der Waals surface area contributed by atoms with Gasteiger partial charge in [0.05, 0.1) is 0 Å². The Bertz CT molecular complexity index is 536. The van der Waals surface area contributed by atoms with Crippen LogP contribution in [-0.4, -0.2) is 7.05 Å². The van der Waals surface area contributed by atoms with Gasteiger partial charge in [-0.3, -0.25) is 0 Å². The van der Waals surface area contributed by atoms with Crippen molar-refractivity contribution >= 4 is 0 Å². The molecule has 0 fully saturated rings. The quantitative estimate of drug-likeness (QED) is 0.859. The van der Waals surface area contributed by atoms with Gasteiger partial charge in [0.2, 0.25) is 0 Å². The fourth-order valence-corrected chi connectivity index (χ4v) is 2.10. The van der Waals surface area contributed by atoms with Crippen molar-refractivity contribution in [3.05, 3.63) is 59.7 Å². The van der Waals surface area contributed by atoms with E-state index in [0.717, 1.165) is 17.9 Å². The van der Waals surface area contributed by atoms with E-state index in [1.807, 2.05) is 43.4 Å². The average molecular weight is 255 g/mol. The van der Waals surface area contributed by atoms with Crippen LogP contribution < -0.4 is 10.1 Å². The van der Waals surface area contributed by atoms with Gasteiger partial charge in [0.1, 0.15) is 11.5 Å². The fourth-order valence-electron chi connectivity index (χ4n) is 2.10. The summed E-state index contributed by atoms with van der Waals surface area (Å²) in [5.41, 5.74) is 2.41. The van der Waals surface area contributed by atoms with Crippen LogP contribution >= 0.6 is 0 Å². The predicted molar refractivity (Wildman–Crippen MR) is 79.8 cm³/mol. The van der Waals surface area contributed by atoms with Gasteiger partial charge in [-0.2, -0.15) is 0 Å². The smallest absolute Gasteiger partial charge is 0.132 e. The first-order valence-corrected chi connectivity index (χ1v) is 6.78. The van der Waals surface area contributed by atoms with E-state index in [0.29, 0.717) is 0 Å². The molecule has 2 nitrogen and oxygen atoms in total. The highest BCUT2D eigenvalue weighted by atomic mass is 16.5. The largest absolute Gasteiger partial charge is 0.457 e. The summed E-state index contributed by atoms with van der Waals surface area (Å²) in [7, 11) is 1.96. The van der Waals surface area contributed by atoms with Crippen molar-refractivity contribution in [3.63, 3.8) is 0 Å². The number of ether oxygens (including phenoxy) is 1. The average Bonchev–Trinajstić information content (AvgIpc) is 2.47. The molecule has 2 aromatic rings. The maximum Gasteiger partial charge on any atom is 0.132 e. The van der Waals surface area contributed by atoms with E-state index in [4.69, 9.17) is 4.74 Å². The lowest BCUT2D eigenvalue weighted by molar-refractivity contribution is 0.461. The monoisotopic (exact) mass is 255 g/mol. The topological polar surface area (TPSA) is 21.3 Å². The van der Waals surface area contributed by atoms with Crippen LogP contribution in [0, 0.1) is 0 Å². The van der Waals surface area contributed by atoms with Crippen LogP contribution in [0.5, 0.6) is 11.5 Å². The molecule has 0 aromatic heterocycles. The van der Waals surface area contributed by atoms with E-state index >= 15 is 0 Å². The third-order valence-corrected chi connectivity index (χ3v) is 3.39. The van der Waals surface area contributed by atoms with Crippen LogP contribution in [0.25, 0.3) is 0 Å². The molecule has 0 aliphatic carbocycles. The summed E-state index contributed by atoms with van der Waals surface area (Å²) < 4.78 is 6.11. The molecule has 0 saturated carbocycles. The van der Waals surface area contributed by atoms with Gasteiger partial charge < -0.3 is 10.1 Å². The minimum Gasteiger partial charge on any atom is -0.457 e. The molecule has 2 rings (SSSR count). The van der Waals surface area contributed by atoms with Crippen molar-refractivity contribution in [2.75, 3.05) is 7.05 Å². The highest BCUT2D eigenvalue weighted by Crippen LogP contribution is 2.31. The van der Waals surface area contributed by atoms with Crippen LogP contribution in [0.3, 0.4) is 0 Å². The van der Waals surface area contributed by atoms with E-state index in [9.17, 15) is 0 Å². The third kappa shape index (κ3) is 3.15. The summed E-state index contributed by atoms with van der Waals surface area (Å²) in [5.74, 6) is 1.87. The summed E-state index contributed by atoms with van der Waals surface area (Å²) >= 11 is 0. The molecule has 0 radical (unpaired) electrons. The lowest BCUT2D eigenvalue weighted by atomic mass is 10.1. The molecule has 0 heterocycles. The van der Waals surface area contributed by atoms with Crippen molar-refractivity contribution < 1.29 is 4.74 Å². The number of aryl methyl sites for hydroxylation is 1. The third-order valence-electron chi connectivity index (χ3n) is 3.39. The SMILES string of the molecule is CCc1ccccc1Oc1ccccc1C(C)NC. The zero-order valence-corrected chi connectivity index (χ0v) is 11.8. The van der Waals surface area contributed by atoms with Crippen molar-refractivity contribution in [1.29, 1.82) is 0 Å². The van der Waals surface area contributed by atoms with Crippen molar-refractivity contribution in [2.45, 2.75) is 26.3 Å². The maximum absolute atomic E-state index is 6.11. The Labute approximate surface area is 115 Å². The minimum atomic E-state index is 0.269. The zero-order chi connectivity index (χ0) is 13.7. The van der Waals surface area contributed by atoms with Gasteiger partial charge in [-0.1, -0.05) is 43.3 Å². The summed E-state index contributed by atoms with van der Waals surface area (Å²) in [5, 5.41) is 3.26. The standard InChI is InChI=1S/C17H21NO/c1-4-14-9-5-7-11-16(14)19-17-12-8-6-10-15(17)13(2)18-3/h5-13,18H,4H2,1-3H3. The molecule has 0 aliphatic rings. The molecule has 0 bridgehead atoms. The molecular weight excluding hydrogens is 234 g/mol. The molecule has 1 unspecified atom stereocenters. The van der Waals surface area contributed by atoms with E-state index in [2.05, 4.69) is 31.3 Å². The number of nitrogens with one attached hydrogen (secondary N) is 1. The van der Waals surface area contributed by atoms with E-state index in [-0.39, 0.29) is 6.04 Å². The lowest BCUT2D eigenvalue weighted by Gasteiger charge is -2.17. The van der Waals surface area contributed by atoms with Gasteiger partial charge in [-0.05, 0) is 38.1 Å². The van der Waals surface area contributed by atoms with Crippen LogP contribution in [0.2, 0.25) is 0 Å². The Hall–Kier alpha value is -1.80. The van der Waals surface area contributed by atoms with Gasteiger partial charge in [-0.15, -0.1) is 0 Å². The molecule has 2 heteroatoms. The van der Waals surface area contributed by atoms with Crippen LogP contribution in [0.4, 0.5) is 0 Å². The van der Waals surface area contributed by atoms with Gasteiger partial charge >= 0.3 is 0 Å². The van der Waals surface area contributed by atoms with Crippen LogP contribution in [0.1, 0.15) is 31.0 Å². The van der Waals surface area contributed by atoms with Crippen LogP contribution in [-0.2, 0) is 6.42 Å². The van der Waals surface area contributed by atoms with Crippen molar-refractivity contribution in [2.24, 2.45) is 0 Å². The molecule has 0 amide bonds. The fraction of sp³-hybridized carbons (Fsp3) is 0.294. The molecule has 0 aliphatic heterocycles. The lowest BCUT2D eigenvalue weighted by Crippen LogP contribution is -2.13. The molecule has 1 atom stereocenters. The number of hydrogen-bond donors (Lipinski definition) is 1. The second-order valence-electron chi connectivity index (χ2n) is 4.61. The van der Waals surface area contributed by atoms with E-state index in [1.165, 1.54) is 11.1 Å². The molecule has 100 valence electrons. The molecular formula is C17H21NO. The highest BCUT2D eigenvalue weighted by molar-refractivity contribution is 5.42. The Morgan fingerprint density at radius 1 is 1.00 bits per heavy atom. The van der Waals surface area contributed by atoms with E-state index in [1.54, 1.807) is 0 Å². The van der Waals surface area contributed by atoms with Crippen LogP contribution in [0.15, 0.2) is 48.5 Å². The number of hydrogen-bond acceptors (Lipinski definition) is 2. The first-order chi connectivity index (χ1) is 9.26. The van der Waals surface area contributed by atoms with Gasteiger partial charge in [0.15, 0.2) is 0 Å².